The minimum Gasteiger partial charge on any atom is -0.368 e. The van der Waals surface area contributed by atoms with Gasteiger partial charge >= 0.3 is 0 Å². The largest absolute Gasteiger partial charge is 0.368 e. The molecular formula is C21H25N5. The third-order valence-corrected chi connectivity index (χ3v) is 4.26. The van der Waals surface area contributed by atoms with Crippen LogP contribution in [0, 0.1) is 6.92 Å². The minimum absolute atomic E-state index is 0.281. The van der Waals surface area contributed by atoms with E-state index < -0.39 is 0 Å². The first-order chi connectivity index (χ1) is 12.5. The van der Waals surface area contributed by atoms with Gasteiger partial charge in [0, 0.05) is 32.4 Å². The van der Waals surface area contributed by atoms with Crippen molar-refractivity contribution in [3.05, 3.63) is 71.8 Å². The van der Waals surface area contributed by atoms with Crippen LogP contribution in [-0.2, 0) is 6.42 Å². The van der Waals surface area contributed by atoms with Crippen LogP contribution in [0.5, 0.6) is 0 Å². The minimum atomic E-state index is 0.281. The van der Waals surface area contributed by atoms with Crippen molar-refractivity contribution in [1.82, 2.24) is 9.97 Å². The van der Waals surface area contributed by atoms with Crippen molar-refractivity contribution < 1.29 is 0 Å². The summed E-state index contributed by atoms with van der Waals surface area (Å²) in [7, 11) is 3.90. The van der Waals surface area contributed by atoms with Crippen molar-refractivity contribution in [3.8, 4) is 0 Å². The summed E-state index contributed by atoms with van der Waals surface area (Å²) in [4.78, 5) is 12.9. The molecule has 2 N–H and O–H groups in total. The first kappa shape index (κ1) is 17.7. The molecule has 1 heterocycles. The zero-order chi connectivity index (χ0) is 18.5. The van der Waals surface area contributed by atoms with Crippen LogP contribution in [0.2, 0.25) is 0 Å². The number of nitrogen functional groups attached to an aromatic ring is 1. The van der Waals surface area contributed by atoms with Gasteiger partial charge in [-0.15, -0.1) is 0 Å². The van der Waals surface area contributed by atoms with Crippen molar-refractivity contribution in [2.75, 3.05) is 36.2 Å². The number of aryl methyl sites for hydroxylation is 1. The average molecular weight is 347 g/mol. The molecule has 0 saturated carbocycles. The van der Waals surface area contributed by atoms with E-state index in [2.05, 4.69) is 70.3 Å². The van der Waals surface area contributed by atoms with Crippen LogP contribution in [0.3, 0.4) is 0 Å². The van der Waals surface area contributed by atoms with E-state index in [1.807, 2.05) is 31.1 Å². The van der Waals surface area contributed by atoms with Crippen LogP contribution >= 0.6 is 0 Å². The molecule has 5 heteroatoms. The summed E-state index contributed by atoms with van der Waals surface area (Å²) in [6, 6.07) is 20.9. The third-order valence-electron chi connectivity index (χ3n) is 4.26. The number of benzene rings is 2. The quantitative estimate of drug-likeness (QED) is 0.735. The number of hydrogen-bond donors (Lipinski definition) is 1. The molecule has 3 aromatic rings. The van der Waals surface area contributed by atoms with Crippen LogP contribution in [0.15, 0.2) is 60.7 Å². The Kier molecular flexibility index (Phi) is 5.37. The van der Waals surface area contributed by atoms with E-state index in [1.165, 1.54) is 11.1 Å². The summed E-state index contributed by atoms with van der Waals surface area (Å²) >= 11 is 0. The summed E-state index contributed by atoms with van der Waals surface area (Å²) in [5.41, 5.74) is 9.58. The van der Waals surface area contributed by atoms with Crippen molar-refractivity contribution in [2.24, 2.45) is 0 Å². The molecule has 0 saturated heterocycles. The van der Waals surface area contributed by atoms with E-state index in [0.717, 1.165) is 30.3 Å². The summed E-state index contributed by atoms with van der Waals surface area (Å²) in [6.07, 6.45) is 0.913. The summed E-state index contributed by atoms with van der Waals surface area (Å²) < 4.78 is 0. The van der Waals surface area contributed by atoms with Crippen LogP contribution in [0.4, 0.5) is 23.3 Å². The smallest absolute Gasteiger partial charge is 0.223 e. The number of nitrogens with two attached hydrogens (primary N) is 1. The summed E-state index contributed by atoms with van der Waals surface area (Å²) in [5, 5.41) is 0. The van der Waals surface area contributed by atoms with Gasteiger partial charge < -0.3 is 15.5 Å². The van der Waals surface area contributed by atoms with Gasteiger partial charge in [-0.3, -0.25) is 0 Å². The third kappa shape index (κ3) is 4.30. The zero-order valence-electron chi connectivity index (χ0n) is 15.6. The van der Waals surface area contributed by atoms with E-state index in [9.17, 15) is 0 Å². The maximum absolute atomic E-state index is 5.97. The van der Waals surface area contributed by atoms with Gasteiger partial charge in [0.2, 0.25) is 5.95 Å². The van der Waals surface area contributed by atoms with Gasteiger partial charge in [-0.25, -0.2) is 0 Å². The number of hydrogen-bond acceptors (Lipinski definition) is 5. The van der Waals surface area contributed by atoms with Crippen LogP contribution in [0.1, 0.15) is 11.1 Å². The molecule has 5 nitrogen and oxygen atoms in total. The number of rotatable bonds is 6. The fraction of sp³-hybridized carbons (Fsp3) is 0.238. The Hall–Kier alpha value is -3.08. The molecule has 0 aliphatic rings. The Labute approximate surface area is 155 Å². The standard InChI is InChI=1S/C21H25N5/c1-16-9-11-18(12-10-16)26(14-13-17-7-5-4-6-8-17)20-15-19(25(2)3)23-21(22)24-20/h4-12,15H,13-14H2,1-3H3,(H2,22,23,24). The fourth-order valence-corrected chi connectivity index (χ4v) is 2.79. The van der Waals surface area contributed by atoms with Gasteiger partial charge in [0.1, 0.15) is 11.6 Å². The molecule has 134 valence electrons. The average Bonchev–Trinajstić information content (AvgIpc) is 2.64. The monoisotopic (exact) mass is 347 g/mol. The molecule has 0 spiro atoms. The highest BCUT2D eigenvalue weighted by molar-refractivity contribution is 5.64. The molecule has 1 aromatic heterocycles. The van der Waals surface area contributed by atoms with Gasteiger partial charge in [-0.05, 0) is 31.0 Å². The van der Waals surface area contributed by atoms with E-state index >= 15 is 0 Å². The van der Waals surface area contributed by atoms with E-state index in [-0.39, 0.29) is 5.95 Å². The van der Waals surface area contributed by atoms with Gasteiger partial charge in [-0.1, -0.05) is 48.0 Å². The topological polar surface area (TPSA) is 58.3 Å². The Morgan fingerprint density at radius 1 is 0.885 bits per heavy atom. The summed E-state index contributed by atoms with van der Waals surface area (Å²) in [5.74, 6) is 1.88. The molecule has 0 amide bonds. The maximum atomic E-state index is 5.97. The normalized spacial score (nSPS) is 10.6. The van der Waals surface area contributed by atoms with E-state index in [0.29, 0.717) is 0 Å². The van der Waals surface area contributed by atoms with Crippen molar-refractivity contribution in [3.63, 3.8) is 0 Å². The second-order valence-corrected chi connectivity index (χ2v) is 6.56. The van der Waals surface area contributed by atoms with Gasteiger partial charge in [0.15, 0.2) is 0 Å². The van der Waals surface area contributed by atoms with Crippen LogP contribution in [0.25, 0.3) is 0 Å². The van der Waals surface area contributed by atoms with Gasteiger partial charge in [0.05, 0.1) is 0 Å². The van der Waals surface area contributed by atoms with Crippen LogP contribution in [-0.4, -0.2) is 30.6 Å². The SMILES string of the molecule is Cc1ccc(N(CCc2ccccc2)c2cc(N(C)C)nc(N)n2)cc1. The highest BCUT2D eigenvalue weighted by Gasteiger charge is 2.14. The Balaban J connectivity index is 1.96. The van der Waals surface area contributed by atoms with E-state index in [1.54, 1.807) is 0 Å². The van der Waals surface area contributed by atoms with Crippen molar-refractivity contribution >= 4 is 23.3 Å². The lowest BCUT2D eigenvalue weighted by Gasteiger charge is -2.25. The fourth-order valence-electron chi connectivity index (χ4n) is 2.79. The predicted octanol–water partition coefficient (Wildman–Crippen LogP) is 3.81. The lowest BCUT2D eigenvalue weighted by atomic mass is 10.1. The van der Waals surface area contributed by atoms with Crippen molar-refractivity contribution in [2.45, 2.75) is 13.3 Å². The number of nitrogens with zero attached hydrogens (tertiary/aromatic N) is 4. The Morgan fingerprint density at radius 2 is 1.54 bits per heavy atom. The molecule has 0 bridgehead atoms. The second kappa shape index (κ2) is 7.87. The maximum Gasteiger partial charge on any atom is 0.223 e. The van der Waals surface area contributed by atoms with Crippen molar-refractivity contribution in [1.29, 1.82) is 0 Å². The molecule has 0 atom stereocenters. The highest BCUT2D eigenvalue weighted by atomic mass is 15.2. The lowest BCUT2D eigenvalue weighted by molar-refractivity contribution is 0.891. The molecule has 2 aromatic carbocycles. The first-order valence-corrected chi connectivity index (χ1v) is 8.73. The summed E-state index contributed by atoms with van der Waals surface area (Å²) in [6.45, 7) is 2.89. The number of aromatic nitrogens is 2. The molecule has 0 aliphatic heterocycles. The van der Waals surface area contributed by atoms with Gasteiger partial charge in [0.25, 0.3) is 0 Å². The highest BCUT2D eigenvalue weighted by Crippen LogP contribution is 2.27. The van der Waals surface area contributed by atoms with Gasteiger partial charge in [-0.2, -0.15) is 9.97 Å². The Bertz CT molecular complexity index is 844. The molecular weight excluding hydrogens is 322 g/mol. The second-order valence-electron chi connectivity index (χ2n) is 6.56. The zero-order valence-corrected chi connectivity index (χ0v) is 15.6. The molecule has 0 fully saturated rings. The molecule has 0 radical (unpaired) electrons. The first-order valence-electron chi connectivity index (χ1n) is 8.73. The predicted molar refractivity (Wildman–Crippen MR) is 109 cm³/mol. The molecule has 3 rings (SSSR count). The van der Waals surface area contributed by atoms with E-state index in [4.69, 9.17) is 5.73 Å². The lowest BCUT2D eigenvalue weighted by Crippen LogP contribution is -2.23. The number of anilines is 4. The Morgan fingerprint density at radius 3 is 2.19 bits per heavy atom. The molecule has 26 heavy (non-hydrogen) atoms. The van der Waals surface area contributed by atoms with Crippen LogP contribution < -0.4 is 15.5 Å². The molecule has 0 unspecified atom stereocenters. The molecule has 0 aliphatic carbocycles.